The summed E-state index contributed by atoms with van der Waals surface area (Å²) in [5.41, 5.74) is 2.15. The van der Waals surface area contributed by atoms with Crippen LogP contribution in [-0.2, 0) is 4.79 Å². The van der Waals surface area contributed by atoms with Crippen LogP contribution in [0.15, 0.2) is 28.7 Å². The number of carbonyl (C=O) groups is 1. The van der Waals surface area contributed by atoms with Crippen molar-refractivity contribution in [2.75, 3.05) is 6.61 Å². The quantitative estimate of drug-likeness (QED) is 0.790. The second-order valence-electron chi connectivity index (χ2n) is 4.63. The number of rotatable bonds is 6. The van der Waals surface area contributed by atoms with Crippen LogP contribution in [0.2, 0.25) is 0 Å². The van der Waals surface area contributed by atoms with Crippen LogP contribution in [0.25, 0.3) is 6.08 Å². The fraction of sp³-hybridized carbons (Fsp3) is 0.400. The summed E-state index contributed by atoms with van der Waals surface area (Å²) < 4.78 is 0.977. The number of aliphatic hydroxyl groups is 1. The van der Waals surface area contributed by atoms with Gasteiger partial charge in [0.05, 0.1) is 0 Å². The van der Waals surface area contributed by atoms with Gasteiger partial charge in [0.25, 0.3) is 0 Å². The molecule has 2 N–H and O–H groups in total. The van der Waals surface area contributed by atoms with E-state index in [1.807, 2.05) is 32.0 Å². The topological polar surface area (TPSA) is 49.3 Å². The van der Waals surface area contributed by atoms with Crippen molar-refractivity contribution < 1.29 is 9.90 Å². The minimum atomic E-state index is -0.113. The van der Waals surface area contributed by atoms with Gasteiger partial charge >= 0.3 is 0 Å². The zero-order valence-electron chi connectivity index (χ0n) is 11.3. The monoisotopic (exact) mass is 325 g/mol. The molecular formula is C15H20BrNO2. The van der Waals surface area contributed by atoms with Gasteiger partial charge in [-0.3, -0.25) is 4.79 Å². The predicted molar refractivity (Wildman–Crippen MR) is 81.8 cm³/mol. The largest absolute Gasteiger partial charge is 0.396 e. The summed E-state index contributed by atoms with van der Waals surface area (Å²) >= 11 is 3.47. The molecule has 3 nitrogen and oxygen atoms in total. The summed E-state index contributed by atoms with van der Waals surface area (Å²) in [6, 6.07) is 6.07. The SMILES string of the molecule is Cc1ccc(C=CC(=O)NC(C)CCCO)c(Br)c1. The Bertz CT molecular complexity index is 457. The summed E-state index contributed by atoms with van der Waals surface area (Å²) in [6.07, 6.45) is 4.81. The highest BCUT2D eigenvalue weighted by molar-refractivity contribution is 9.10. The van der Waals surface area contributed by atoms with Gasteiger partial charge in [0.1, 0.15) is 0 Å². The molecule has 0 radical (unpaired) electrons. The highest BCUT2D eigenvalue weighted by atomic mass is 79.9. The van der Waals surface area contributed by atoms with E-state index in [2.05, 4.69) is 21.2 Å². The molecule has 0 heterocycles. The zero-order valence-corrected chi connectivity index (χ0v) is 12.9. The van der Waals surface area contributed by atoms with Crippen LogP contribution in [0.4, 0.5) is 0 Å². The van der Waals surface area contributed by atoms with Crippen molar-refractivity contribution in [3.8, 4) is 0 Å². The molecule has 1 rings (SSSR count). The second kappa shape index (κ2) is 8.12. The van der Waals surface area contributed by atoms with Gasteiger partial charge in [-0.25, -0.2) is 0 Å². The molecule has 0 saturated heterocycles. The minimum Gasteiger partial charge on any atom is -0.396 e. The van der Waals surface area contributed by atoms with Gasteiger partial charge in [0, 0.05) is 23.2 Å². The van der Waals surface area contributed by atoms with Crippen LogP contribution in [0.5, 0.6) is 0 Å². The van der Waals surface area contributed by atoms with E-state index < -0.39 is 0 Å². The number of aryl methyl sites for hydroxylation is 1. The van der Waals surface area contributed by atoms with E-state index in [0.717, 1.165) is 16.5 Å². The Balaban J connectivity index is 2.53. The lowest BCUT2D eigenvalue weighted by Crippen LogP contribution is -2.31. The van der Waals surface area contributed by atoms with Crippen molar-refractivity contribution >= 4 is 27.9 Å². The van der Waals surface area contributed by atoms with Gasteiger partial charge in [-0.1, -0.05) is 28.1 Å². The van der Waals surface area contributed by atoms with Crippen LogP contribution in [0, 0.1) is 6.92 Å². The molecule has 1 unspecified atom stereocenters. The molecule has 1 aromatic rings. The molecule has 0 fully saturated rings. The normalized spacial score (nSPS) is 12.6. The molecule has 0 aliphatic carbocycles. The standard InChI is InChI=1S/C15H20BrNO2/c1-11-5-6-13(14(16)10-11)7-8-15(19)17-12(2)4-3-9-18/h5-8,10,12,18H,3-4,9H2,1-2H3,(H,17,19). The third-order valence-corrected chi connectivity index (χ3v) is 3.44. The maximum atomic E-state index is 11.7. The second-order valence-corrected chi connectivity index (χ2v) is 5.49. The number of amides is 1. The molecule has 1 aromatic carbocycles. The number of aliphatic hydroxyl groups excluding tert-OH is 1. The Hall–Kier alpha value is -1.13. The van der Waals surface area contributed by atoms with Crippen LogP contribution in [0.1, 0.15) is 30.9 Å². The van der Waals surface area contributed by atoms with Crippen molar-refractivity contribution in [2.45, 2.75) is 32.7 Å². The lowest BCUT2D eigenvalue weighted by molar-refractivity contribution is -0.117. The number of carbonyl (C=O) groups excluding carboxylic acids is 1. The number of hydrogen-bond acceptors (Lipinski definition) is 2. The average Bonchev–Trinajstić information content (AvgIpc) is 2.35. The lowest BCUT2D eigenvalue weighted by Gasteiger charge is -2.11. The lowest BCUT2D eigenvalue weighted by atomic mass is 10.1. The molecule has 1 amide bonds. The fourth-order valence-corrected chi connectivity index (χ4v) is 2.32. The smallest absolute Gasteiger partial charge is 0.244 e. The van der Waals surface area contributed by atoms with E-state index in [1.54, 1.807) is 6.08 Å². The Morgan fingerprint density at radius 1 is 1.53 bits per heavy atom. The Labute approximate surface area is 122 Å². The molecule has 0 saturated carbocycles. The van der Waals surface area contributed by atoms with Gasteiger partial charge in [-0.05, 0) is 50.0 Å². The molecule has 104 valence electrons. The van der Waals surface area contributed by atoms with Crippen LogP contribution in [0.3, 0.4) is 0 Å². The number of benzene rings is 1. The van der Waals surface area contributed by atoms with Crippen molar-refractivity contribution in [3.05, 3.63) is 39.9 Å². The van der Waals surface area contributed by atoms with E-state index in [-0.39, 0.29) is 18.6 Å². The summed E-state index contributed by atoms with van der Waals surface area (Å²) in [6.45, 7) is 4.11. The first-order chi connectivity index (χ1) is 9.02. The number of nitrogens with one attached hydrogen (secondary N) is 1. The van der Waals surface area contributed by atoms with Gasteiger partial charge < -0.3 is 10.4 Å². The summed E-state index contributed by atoms with van der Waals surface area (Å²) in [4.78, 5) is 11.7. The third-order valence-electron chi connectivity index (χ3n) is 2.75. The average molecular weight is 326 g/mol. The van der Waals surface area contributed by atoms with E-state index in [0.29, 0.717) is 6.42 Å². The maximum Gasteiger partial charge on any atom is 0.244 e. The fourth-order valence-electron chi connectivity index (χ4n) is 1.69. The first kappa shape index (κ1) is 15.9. The van der Waals surface area contributed by atoms with Crippen molar-refractivity contribution in [1.29, 1.82) is 0 Å². The minimum absolute atomic E-state index is 0.0748. The number of halogens is 1. The van der Waals surface area contributed by atoms with Gasteiger partial charge in [-0.15, -0.1) is 0 Å². The van der Waals surface area contributed by atoms with E-state index in [9.17, 15) is 4.79 Å². The van der Waals surface area contributed by atoms with Gasteiger partial charge in [0.2, 0.25) is 5.91 Å². The molecule has 4 heteroatoms. The third kappa shape index (κ3) is 6.03. The van der Waals surface area contributed by atoms with Crippen molar-refractivity contribution in [3.63, 3.8) is 0 Å². The number of hydrogen-bond donors (Lipinski definition) is 2. The molecular weight excluding hydrogens is 306 g/mol. The molecule has 0 aliphatic heterocycles. The Morgan fingerprint density at radius 3 is 2.89 bits per heavy atom. The van der Waals surface area contributed by atoms with Gasteiger partial charge in [-0.2, -0.15) is 0 Å². The predicted octanol–water partition coefficient (Wildman–Crippen LogP) is 3.05. The summed E-state index contributed by atoms with van der Waals surface area (Å²) in [5.74, 6) is -0.113. The summed E-state index contributed by atoms with van der Waals surface area (Å²) in [5, 5.41) is 11.6. The van der Waals surface area contributed by atoms with E-state index >= 15 is 0 Å². The van der Waals surface area contributed by atoms with Crippen LogP contribution in [-0.4, -0.2) is 23.7 Å². The van der Waals surface area contributed by atoms with E-state index in [1.165, 1.54) is 11.6 Å². The first-order valence-electron chi connectivity index (χ1n) is 6.38. The van der Waals surface area contributed by atoms with Crippen LogP contribution >= 0.6 is 15.9 Å². The van der Waals surface area contributed by atoms with Crippen molar-refractivity contribution in [1.82, 2.24) is 5.32 Å². The summed E-state index contributed by atoms with van der Waals surface area (Å²) in [7, 11) is 0. The van der Waals surface area contributed by atoms with Crippen LogP contribution < -0.4 is 5.32 Å². The molecule has 0 aromatic heterocycles. The molecule has 19 heavy (non-hydrogen) atoms. The Kier molecular flexibility index (Phi) is 6.81. The first-order valence-corrected chi connectivity index (χ1v) is 7.18. The molecule has 1 atom stereocenters. The highest BCUT2D eigenvalue weighted by Gasteiger charge is 2.04. The zero-order chi connectivity index (χ0) is 14.3. The molecule has 0 bridgehead atoms. The Morgan fingerprint density at radius 2 is 2.26 bits per heavy atom. The van der Waals surface area contributed by atoms with Crippen molar-refractivity contribution in [2.24, 2.45) is 0 Å². The molecule has 0 spiro atoms. The van der Waals surface area contributed by atoms with E-state index in [4.69, 9.17) is 5.11 Å². The maximum absolute atomic E-state index is 11.7. The molecule has 0 aliphatic rings. The van der Waals surface area contributed by atoms with Gasteiger partial charge in [0.15, 0.2) is 0 Å². The highest BCUT2D eigenvalue weighted by Crippen LogP contribution is 2.19.